The van der Waals surface area contributed by atoms with E-state index in [9.17, 15) is 4.79 Å². The van der Waals surface area contributed by atoms with Crippen molar-refractivity contribution in [2.75, 3.05) is 6.61 Å². The summed E-state index contributed by atoms with van der Waals surface area (Å²) in [7, 11) is 0. The largest absolute Gasteiger partial charge is 0.436 e. The lowest BCUT2D eigenvalue weighted by Gasteiger charge is -2.15. The van der Waals surface area contributed by atoms with E-state index in [0.717, 1.165) is 19.3 Å². The summed E-state index contributed by atoms with van der Waals surface area (Å²) >= 11 is 0. The average Bonchev–Trinajstić information content (AvgIpc) is 2.16. The van der Waals surface area contributed by atoms with Crippen molar-refractivity contribution in [3.63, 3.8) is 0 Å². The summed E-state index contributed by atoms with van der Waals surface area (Å²) in [5, 5.41) is 0. The van der Waals surface area contributed by atoms with Gasteiger partial charge in [0.15, 0.2) is 0 Å². The Kier molecular flexibility index (Phi) is 7.69. The van der Waals surface area contributed by atoms with Crippen molar-refractivity contribution < 1.29 is 14.3 Å². The molecule has 0 aliphatic carbocycles. The first kappa shape index (κ1) is 12.4. The maximum absolute atomic E-state index is 10.9. The smallest absolute Gasteiger partial charge is 0.307 e. The van der Waals surface area contributed by atoms with E-state index < -0.39 is 0 Å². The quantitative estimate of drug-likeness (QED) is 0.350. The number of rotatable bonds is 7. The molecule has 0 spiro atoms. The highest BCUT2D eigenvalue weighted by Gasteiger charge is 2.10. The molecular formula is C10H20O3. The molecule has 0 radical (unpaired) electrons. The molecule has 0 aromatic carbocycles. The second kappa shape index (κ2) is 8.05. The first-order valence-electron chi connectivity index (χ1n) is 5.05. The Morgan fingerprint density at radius 2 is 2.00 bits per heavy atom. The van der Waals surface area contributed by atoms with E-state index in [1.165, 1.54) is 0 Å². The molecule has 3 nitrogen and oxygen atoms in total. The number of unbranched alkanes of at least 4 members (excludes halogenated alkanes) is 1. The van der Waals surface area contributed by atoms with Crippen LogP contribution in [0.3, 0.4) is 0 Å². The van der Waals surface area contributed by atoms with Crippen LogP contribution >= 0.6 is 0 Å². The van der Waals surface area contributed by atoms with E-state index in [0.29, 0.717) is 13.0 Å². The zero-order valence-electron chi connectivity index (χ0n) is 8.84. The molecule has 1 atom stereocenters. The van der Waals surface area contributed by atoms with E-state index in [2.05, 4.69) is 6.92 Å². The summed E-state index contributed by atoms with van der Waals surface area (Å²) < 4.78 is 10.4. The molecule has 0 heterocycles. The molecule has 0 rings (SSSR count). The van der Waals surface area contributed by atoms with Crippen molar-refractivity contribution in [3.8, 4) is 0 Å². The van der Waals surface area contributed by atoms with Crippen LogP contribution in [-0.2, 0) is 14.3 Å². The van der Waals surface area contributed by atoms with Gasteiger partial charge in [0.05, 0.1) is 6.61 Å². The standard InChI is InChI=1S/C10H20O3/c1-4-7-8-12-10(6-3)13-9(11)5-2/h10H,4-8H2,1-3H3. The number of ether oxygens (including phenoxy) is 2. The number of hydrogen-bond donors (Lipinski definition) is 0. The Hall–Kier alpha value is -0.570. The molecule has 13 heavy (non-hydrogen) atoms. The van der Waals surface area contributed by atoms with Gasteiger partial charge in [0.1, 0.15) is 0 Å². The molecule has 1 unspecified atom stereocenters. The molecule has 0 bridgehead atoms. The van der Waals surface area contributed by atoms with E-state index in [1.807, 2.05) is 6.92 Å². The van der Waals surface area contributed by atoms with E-state index in [1.54, 1.807) is 6.92 Å². The first-order chi connectivity index (χ1) is 6.24. The molecule has 78 valence electrons. The van der Waals surface area contributed by atoms with Gasteiger partial charge >= 0.3 is 5.97 Å². The highest BCUT2D eigenvalue weighted by molar-refractivity contribution is 5.68. The normalized spacial score (nSPS) is 12.5. The van der Waals surface area contributed by atoms with E-state index in [-0.39, 0.29) is 12.3 Å². The molecule has 0 saturated heterocycles. The van der Waals surface area contributed by atoms with E-state index in [4.69, 9.17) is 9.47 Å². The summed E-state index contributed by atoms with van der Waals surface area (Å²) in [5.41, 5.74) is 0. The molecule has 0 N–H and O–H groups in total. The minimum absolute atomic E-state index is 0.191. The van der Waals surface area contributed by atoms with E-state index >= 15 is 0 Å². The lowest BCUT2D eigenvalue weighted by molar-refractivity contribution is -0.179. The van der Waals surface area contributed by atoms with Gasteiger partial charge in [0.2, 0.25) is 6.29 Å². The van der Waals surface area contributed by atoms with Gasteiger partial charge in [-0.1, -0.05) is 27.2 Å². The van der Waals surface area contributed by atoms with Gasteiger partial charge < -0.3 is 9.47 Å². The van der Waals surface area contributed by atoms with Gasteiger partial charge in [-0.15, -0.1) is 0 Å². The zero-order chi connectivity index (χ0) is 10.1. The fourth-order valence-electron chi connectivity index (χ4n) is 0.824. The number of esters is 1. The highest BCUT2D eigenvalue weighted by Crippen LogP contribution is 2.03. The lowest BCUT2D eigenvalue weighted by Crippen LogP contribution is -2.20. The maximum Gasteiger partial charge on any atom is 0.307 e. The Morgan fingerprint density at radius 1 is 1.31 bits per heavy atom. The molecule has 0 aromatic heterocycles. The summed E-state index contributed by atoms with van der Waals surface area (Å²) in [6.07, 6.45) is 2.89. The van der Waals surface area contributed by atoms with Gasteiger partial charge in [-0.2, -0.15) is 0 Å². The summed E-state index contributed by atoms with van der Waals surface area (Å²) in [6.45, 7) is 6.50. The molecule has 0 aromatic rings. The molecule has 0 amide bonds. The van der Waals surface area contributed by atoms with Crippen molar-refractivity contribution in [2.45, 2.75) is 52.7 Å². The molecular weight excluding hydrogens is 168 g/mol. The lowest BCUT2D eigenvalue weighted by atomic mass is 10.3. The fraction of sp³-hybridized carbons (Fsp3) is 0.900. The average molecular weight is 188 g/mol. The Balaban J connectivity index is 3.56. The van der Waals surface area contributed by atoms with Crippen LogP contribution in [0.1, 0.15) is 46.5 Å². The maximum atomic E-state index is 10.9. The molecule has 3 heteroatoms. The first-order valence-corrected chi connectivity index (χ1v) is 5.05. The highest BCUT2D eigenvalue weighted by atomic mass is 16.7. The third kappa shape index (κ3) is 6.58. The van der Waals surface area contributed by atoms with Crippen LogP contribution in [0.4, 0.5) is 0 Å². The van der Waals surface area contributed by atoms with Gasteiger partial charge in [0, 0.05) is 12.8 Å². The number of carbonyl (C=O) groups is 1. The van der Waals surface area contributed by atoms with Crippen LogP contribution in [-0.4, -0.2) is 18.9 Å². The van der Waals surface area contributed by atoms with Gasteiger partial charge in [-0.3, -0.25) is 4.79 Å². The van der Waals surface area contributed by atoms with Crippen LogP contribution < -0.4 is 0 Å². The second-order valence-electron chi connectivity index (χ2n) is 2.91. The molecule has 0 aliphatic rings. The monoisotopic (exact) mass is 188 g/mol. The number of carbonyl (C=O) groups excluding carboxylic acids is 1. The minimum Gasteiger partial charge on any atom is -0.436 e. The zero-order valence-corrected chi connectivity index (χ0v) is 8.84. The minimum atomic E-state index is -0.348. The van der Waals surface area contributed by atoms with Crippen molar-refractivity contribution >= 4 is 5.97 Å². The van der Waals surface area contributed by atoms with Crippen LogP contribution in [0.25, 0.3) is 0 Å². The predicted molar refractivity (Wildman–Crippen MR) is 51.3 cm³/mol. The van der Waals surface area contributed by atoms with Crippen LogP contribution in [0.15, 0.2) is 0 Å². The topological polar surface area (TPSA) is 35.5 Å². The molecule has 0 saturated carbocycles. The summed E-state index contributed by atoms with van der Waals surface area (Å²) in [4.78, 5) is 10.9. The van der Waals surface area contributed by atoms with Gasteiger partial charge in [-0.05, 0) is 6.42 Å². The molecule has 0 aliphatic heterocycles. The van der Waals surface area contributed by atoms with Crippen LogP contribution in [0, 0.1) is 0 Å². The van der Waals surface area contributed by atoms with Gasteiger partial charge in [-0.25, -0.2) is 0 Å². The third-order valence-electron chi connectivity index (χ3n) is 1.69. The fourth-order valence-corrected chi connectivity index (χ4v) is 0.824. The van der Waals surface area contributed by atoms with Crippen molar-refractivity contribution in [2.24, 2.45) is 0 Å². The van der Waals surface area contributed by atoms with Crippen molar-refractivity contribution in [1.82, 2.24) is 0 Å². The van der Waals surface area contributed by atoms with Crippen molar-refractivity contribution in [3.05, 3.63) is 0 Å². The second-order valence-corrected chi connectivity index (χ2v) is 2.91. The Labute approximate surface area is 80.4 Å². The predicted octanol–water partition coefficient (Wildman–Crippen LogP) is 2.49. The summed E-state index contributed by atoms with van der Waals surface area (Å²) in [5.74, 6) is -0.191. The number of hydrogen-bond acceptors (Lipinski definition) is 3. The third-order valence-corrected chi connectivity index (χ3v) is 1.69. The van der Waals surface area contributed by atoms with Crippen molar-refractivity contribution in [1.29, 1.82) is 0 Å². The summed E-state index contributed by atoms with van der Waals surface area (Å²) in [6, 6.07) is 0. The van der Waals surface area contributed by atoms with Crippen LogP contribution in [0.5, 0.6) is 0 Å². The molecule has 0 fully saturated rings. The SMILES string of the molecule is CCCCOC(CC)OC(=O)CC. The Morgan fingerprint density at radius 3 is 2.46 bits per heavy atom. The van der Waals surface area contributed by atoms with Crippen LogP contribution in [0.2, 0.25) is 0 Å². The Bertz CT molecular complexity index is 134. The van der Waals surface area contributed by atoms with Gasteiger partial charge in [0.25, 0.3) is 0 Å².